The van der Waals surface area contributed by atoms with E-state index in [1.165, 1.54) is 22.4 Å². The zero-order valence-corrected chi connectivity index (χ0v) is 11.9. The van der Waals surface area contributed by atoms with Crippen molar-refractivity contribution in [3.05, 3.63) is 60.7 Å². The van der Waals surface area contributed by atoms with Gasteiger partial charge >= 0.3 is 0 Å². The minimum Gasteiger partial charge on any atom is -0.371 e. The molecule has 0 saturated heterocycles. The van der Waals surface area contributed by atoms with Crippen LogP contribution in [0.2, 0.25) is 0 Å². The van der Waals surface area contributed by atoms with Crippen LogP contribution in [-0.4, -0.2) is 13.1 Å². The first-order chi connectivity index (χ1) is 9.15. The van der Waals surface area contributed by atoms with Gasteiger partial charge in [0.05, 0.1) is 5.69 Å². The molecule has 0 aliphatic carbocycles. The number of rotatable bonds is 4. The topological polar surface area (TPSA) is 3.24 Å². The summed E-state index contributed by atoms with van der Waals surface area (Å²) in [6, 6.07) is 17.3. The van der Waals surface area contributed by atoms with Crippen molar-refractivity contribution in [2.75, 3.05) is 11.9 Å². The molecule has 0 N–H and O–H groups in total. The molecular formula is C18H21N. The molecule has 0 spiro atoms. The van der Waals surface area contributed by atoms with Crippen LogP contribution in [0.5, 0.6) is 0 Å². The van der Waals surface area contributed by atoms with Gasteiger partial charge in [-0.1, -0.05) is 61.2 Å². The van der Waals surface area contributed by atoms with E-state index in [1.54, 1.807) is 0 Å². The number of hydrogen-bond donors (Lipinski definition) is 0. The highest BCUT2D eigenvalue weighted by atomic mass is 15.1. The van der Waals surface area contributed by atoms with Crippen LogP contribution in [0.25, 0.3) is 17.2 Å². The third kappa shape index (κ3) is 2.70. The summed E-state index contributed by atoms with van der Waals surface area (Å²) in [7, 11) is 2.14. The van der Waals surface area contributed by atoms with Gasteiger partial charge in [0.1, 0.15) is 0 Å². The van der Waals surface area contributed by atoms with E-state index in [2.05, 4.69) is 74.8 Å². The summed E-state index contributed by atoms with van der Waals surface area (Å²) in [5, 5.41) is 0. The lowest BCUT2D eigenvalue weighted by Crippen LogP contribution is -2.26. The lowest BCUT2D eigenvalue weighted by Gasteiger charge is -2.28. The summed E-state index contributed by atoms with van der Waals surface area (Å²) in [6.45, 7) is 8.35. The molecule has 0 bridgehead atoms. The Hall–Kier alpha value is -2.02. The average Bonchev–Trinajstić information content (AvgIpc) is 2.46. The molecule has 1 nitrogen and oxygen atoms in total. The summed E-state index contributed by atoms with van der Waals surface area (Å²) >= 11 is 0. The second-order valence-electron chi connectivity index (χ2n) is 5.02. The van der Waals surface area contributed by atoms with Crippen molar-refractivity contribution in [1.82, 2.24) is 0 Å². The van der Waals surface area contributed by atoms with Gasteiger partial charge in [0.25, 0.3) is 0 Å². The molecule has 2 rings (SSSR count). The zero-order chi connectivity index (χ0) is 13.8. The second kappa shape index (κ2) is 5.75. The third-order valence-electron chi connectivity index (χ3n) is 3.50. The predicted octanol–water partition coefficient (Wildman–Crippen LogP) is 4.84. The third-order valence-corrected chi connectivity index (χ3v) is 3.50. The Labute approximate surface area is 116 Å². The molecule has 0 heterocycles. The van der Waals surface area contributed by atoms with E-state index >= 15 is 0 Å². The molecule has 0 atom stereocenters. The summed E-state index contributed by atoms with van der Waals surface area (Å²) in [6.07, 6.45) is 1.93. The molecule has 0 radical (unpaired) electrons. The SMILES string of the molecule is C=Cc1cccc(-c2ccccc2)c1N(C)C(C)C. The van der Waals surface area contributed by atoms with Crippen LogP contribution in [-0.2, 0) is 0 Å². The molecule has 0 aliphatic rings. The van der Waals surface area contributed by atoms with Crippen LogP contribution in [0.4, 0.5) is 5.69 Å². The molecular weight excluding hydrogens is 230 g/mol. The fourth-order valence-electron chi connectivity index (χ4n) is 2.23. The van der Waals surface area contributed by atoms with Gasteiger partial charge in [-0.2, -0.15) is 0 Å². The normalized spacial score (nSPS) is 10.5. The highest BCUT2D eigenvalue weighted by Gasteiger charge is 2.14. The van der Waals surface area contributed by atoms with Gasteiger partial charge in [0, 0.05) is 18.7 Å². The van der Waals surface area contributed by atoms with E-state index in [4.69, 9.17) is 0 Å². The predicted molar refractivity (Wildman–Crippen MR) is 85.5 cm³/mol. The number of hydrogen-bond acceptors (Lipinski definition) is 1. The zero-order valence-electron chi connectivity index (χ0n) is 11.9. The van der Waals surface area contributed by atoms with Gasteiger partial charge in [-0.3, -0.25) is 0 Å². The van der Waals surface area contributed by atoms with Gasteiger partial charge in [0.2, 0.25) is 0 Å². The van der Waals surface area contributed by atoms with E-state index in [0.717, 1.165) is 0 Å². The number of para-hydroxylation sites is 1. The van der Waals surface area contributed by atoms with Gasteiger partial charge in [-0.05, 0) is 25.0 Å². The second-order valence-corrected chi connectivity index (χ2v) is 5.02. The van der Waals surface area contributed by atoms with Crippen LogP contribution < -0.4 is 4.90 Å². The lowest BCUT2D eigenvalue weighted by atomic mass is 9.98. The summed E-state index contributed by atoms with van der Waals surface area (Å²) in [5.74, 6) is 0. The molecule has 0 saturated carbocycles. The largest absolute Gasteiger partial charge is 0.371 e. The Balaban J connectivity index is 2.64. The smallest absolute Gasteiger partial charge is 0.0519 e. The average molecular weight is 251 g/mol. The maximum absolute atomic E-state index is 3.94. The van der Waals surface area contributed by atoms with E-state index < -0.39 is 0 Å². The molecule has 0 aromatic heterocycles. The number of benzene rings is 2. The van der Waals surface area contributed by atoms with E-state index in [-0.39, 0.29) is 0 Å². The van der Waals surface area contributed by atoms with Crippen LogP contribution in [0.15, 0.2) is 55.1 Å². The van der Waals surface area contributed by atoms with Crippen molar-refractivity contribution in [2.24, 2.45) is 0 Å². The van der Waals surface area contributed by atoms with Crippen molar-refractivity contribution < 1.29 is 0 Å². The van der Waals surface area contributed by atoms with Crippen molar-refractivity contribution in [3.63, 3.8) is 0 Å². The summed E-state index contributed by atoms with van der Waals surface area (Å²) in [5.41, 5.74) is 4.93. The van der Waals surface area contributed by atoms with Crippen molar-refractivity contribution in [2.45, 2.75) is 19.9 Å². The summed E-state index contributed by atoms with van der Waals surface area (Å²) in [4.78, 5) is 2.30. The molecule has 2 aromatic carbocycles. The lowest BCUT2D eigenvalue weighted by molar-refractivity contribution is 0.755. The Bertz CT molecular complexity index is 555. The number of anilines is 1. The fraction of sp³-hybridized carbons (Fsp3) is 0.222. The van der Waals surface area contributed by atoms with Gasteiger partial charge in [-0.15, -0.1) is 0 Å². The van der Waals surface area contributed by atoms with Crippen LogP contribution >= 0.6 is 0 Å². The van der Waals surface area contributed by atoms with E-state index in [0.29, 0.717) is 6.04 Å². The van der Waals surface area contributed by atoms with Gasteiger partial charge < -0.3 is 4.90 Å². The standard InChI is InChI=1S/C18H21N/c1-5-15-12-9-13-17(16-10-7-6-8-11-16)18(15)19(4)14(2)3/h5-14H,1H2,2-4H3. The van der Waals surface area contributed by atoms with E-state index in [1.807, 2.05) is 12.1 Å². The highest BCUT2D eigenvalue weighted by molar-refractivity contribution is 5.85. The number of nitrogens with zero attached hydrogens (tertiary/aromatic N) is 1. The molecule has 0 aliphatic heterocycles. The maximum Gasteiger partial charge on any atom is 0.0519 e. The first kappa shape index (κ1) is 13.4. The maximum atomic E-state index is 3.94. The monoisotopic (exact) mass is 251 g/mol. The summed E-state index contributed by atoms with van der Waals surface area (Å²) < 4.78 is 0. The molecule has 0 unspecified atom stereocenters. The fourth-order valence-corrected chi connectivity index (χ4v) is 2.23. The Kier molecular flexibility index (Phi) is 4.06. The first-order valence-corrected chi connectivity index (χ1v) is 6.69. The van der Waals surface area contributed by atoms with Crippen LogP contribution in [0.1, 0.15) is 19.4 Å². The Morgan fingerprint density at radius 1 is 1.00 bits per heavy atom. The molecule has 0 fully saturated rings. The molecule has 0 amide bonds. The van der Waals surface area contributed by atoms with E-state index in [9.17, 15) is 0 Å². The van der Waals surface area contributed by atoms with Gasteiger partial charge in [-0.25, -0.2) is 0 Å². The molecule has 98 valence electrons. The first-order valence-electron chi connectivity index (χ1n) is 6.69. The van der Waals surface area contributed by atoms with Crippen molar-refractivity contribution in [3.8, 4) is 11.1 Å². The van der Waals surface area contributed by atoms with Crippen LogP contribution in [0, 0.1) is 0 Å². The van der Waals surface area contributed by atoms with Crippen LogP contribution in [0.3, 0.4) is 0 Å². The molecule has 1 heteroatoms. The minimum absolute atomic E-state index is 0.448. The molecule has 2 aromatic rings. The Morgan fingerprint density at radius 3 is 2.26 bits per heavy atom. The van der Waals surface area contributed by atoms with Crippen molar-refractivity contribution >= 4 is 11.8 Å². The quantitative estimate of drug-likeness (QED) is 0.751. The Morgan fingerprint density at radius 2 is 1.68 bits per heavy atom. The highest BCUT2D eigenvalue weighted by Crippen LogP contribution is 2.34. The molecule has 19 heavy (non-hydrogen) atoms. The van der Waals surface area contributed by atoms with Gasteiger partial charge in [0.15, 0.2) is 0 Å². The van der Waals surface area contributed by atoms with Crippen molar-refractivity contribution in [1.29, 1.82) is 0 Å². The minimum atomic E-state index is 0.448.